The molecule has 0 aliphatic carbocycles. The quantitative estimate of drug-likeness (QED) is 0.890. The number of urea groups is 1. The molecular weight excluding hydrogens is 323 g/mol. The summed E-state index contributed by atoms with van der Waals surface area (Å²) in [7, 11) is 1.84. The third kappa shape index (κ3) is 3.99. The minimum Gasteiger partial charge on any atom is -0.396 e. The fraction of sp³-hybridized carbons (Fsp3) is 0.444. The molecule has 1 aliphatic heterocycles. The lowest BCUT2D eigenvalue weighted by molar-refractivity contribution is 0.136. The lowest BCUT2D eigenvalue weighted by Gasteiger charge is -2.32. The first-order chi connectivity index (χ1) is 12.1. The van der Waals surface area contributed by atoms with Gasteiger partial charge in [0, 0.05) is 39.1 Å². The van der Waals surface area contributed by atoms with Gasteiger partial charge in [-0.1, -0.05) is 12.1 Å². The number of imidazole rings is 1. The molecule has 1 saturated heterocycles. The molecule has 0 bridgehead atoms. The van der Waals surface area contributed by atoms with Gasteiger partial charge < -0.3 is 19.9 Å². The van der Waals surface area contributed by atoms with Crippen LogP contribution in [0.3, 0.4) is 0 Å². The number of benzene rings is 1. The van der Waals surface area contributed by atoms with Crippen LogP contribution >= 0.6 is 0 Å². The van der Waals surface area contributed by atoms with Crippen LogP contribution in [-0.2, 0) is 7.05 Å². The van der Waals surface area contributed by atoms with E-state index in [1.165, 1.54) is 12.1 Å². The number of halogens is 1. The van der Waals surface area contributed by atoms with E-state index in [1.54, 1.807) is 29.4 Å². The molecule has 25 heavy (non-hydrogen) atoms. The third-order valence-electron chi connectivity index (χ3n) is 4.73. The zero-order chi connectivity index (χ0) is 17.8. The van der Waals surface area contributed by atoms with Crippen LogP contribution in [0.1, 0.15) is 30.3 Å². The van der Waals surface area contributed by atoms with E-state index in [0.717, 1.165) is 12.8 Å². The van der Waals surface area contributed by atoms with Crippen LogP contribution < -0.4 is 5.32 Å². The minimum absolute atomic E-state index is 0.161. The monoisotopic (exact) mass is 346 g/mol. The van der Waals surface area contributed by atoms with Crippen molar-refractivity contribution in [2.24, 2.45) is 13.0 Å². The van der Waals surface area contributed by atoms with Crippen molar-refractivity contribution in [1.82, 2.24) is 19.8 Å². The summed E-state index contributed by atoms with van der Waals surface area (Å²) in [5.74, 6) is 0.552. The molecule has 134 valence electrons. The Bertz CT molecular complexity index is 725. The molecule has 7 heteroatoms. The topological polar surface area (TPSA) is 70.4 Å². The normalized spacial score (nSPS) is 16.7. The predicted octanol–water partition coefficient (Wildman–Crippen LogP) is 2.06. The number of hydrogen-bond acceptors (Lipinski definition) is 3. The Balaban J connectivity index is 1.79. The van der Waals surface area contributed by atoms with Gasteiger partial charge in [-0.05, 0) is 36.5 Å². The number of aliphatic hydroxyl groups excluding tert-OH is 1. The standard InChI is InChI=1S/C18H23FN4O2/c1-22-10-7-20-17(22)16(14-3-2-4-15(19)11-14)21-18(25)23-8-5-13(12-24)6-9-23/h2-4,7,10-11,13,16,24H,5-6,8-9,12H2,1H3,(H,21,25). The van der Waals surface area contributed by atoms with E-state index in [-0.39, 0.29) is 24.4 Å². The Morgan fingerprint density at radius 1 is 1.44 bits per heavy atom. The van der Waals surface area contributed by atoms with Crippen molar-refractivity contribution >= 4 is 6.03 Å². The molecule has 1 fully saturated rings. The summed E-state index contributed by atoms with van der Waals surface area (Å²) in [6, 6.07) is 5.46. The molecule has 2 N–H and O–H groups in total. The largest absolute Gasteiger partial charge is 0.396 e. The summed E-state index contributed by atoms with van der Waals surface area (Å²) < 4.78 is 15.5. The Morgan fingerprint density at radius 2 is 2.20 bits per heavy atom. The number of hydrogen-bond donors (Lipinski definition) is 2. The highest BCUT2D eigenvalue weighted by atomic mass is 19.1. The van der Waals surface area contributed by atoms with Crippen molar-refractivity contribution in [3.05, 3.63) is 53.9 Å². The van der Waals surface area contributed by atoms with Crippen LogP contribution in [-0.4, -0.2) is 45.3 Å². The Kier molecular flexibility index (Phi) is 5.33. The summed E-state index contributed by atoms with van der Waals surface area (Å²) in [6.45, 7) is 1.37. The van der Waals surface area contributed by atoms with Crippen molar-refractivity contribution in [3.63, 3.8) is 0 Å². The number of aryl methyl sites for hydroxylation is 1. The summed E-state index contributed by atoms with van der Waals surface area (Å²) >= 11 is 0. The van der Waals surface area contributed by atoms with Gasteiger partial charge in [0.25, 0.3) is 0 Å². The zero-order valence-electron chi connectivity index (χ0n) is 14.2. The molecule has 0 radical (unpaired) electrons. The average molecular weight is 346 g/mol. The molecule has 2 amide bonds. The minimum atomic E-state index is -0.529. The maximum atomic E-state index is 13.7. The van der Waals surface area contributed by atoms with Gasteiger partial charge in [-0.15, -0.1) is 0 Å². The van der Waals surface area contributed by atoms with E-state index in [2.05, 4.69) is 10.3 Å². The van der Waals surface area contributed by atoms with Crippen molar-refractivity contribution in [2.75, 3.05) is 19.7 Å². The van der Waals surface area contributed by atoms with Crippen molar-refractivity contribution in [2.45, 2.75) is 18.9 Å². The van der Waals surface area contributed by atoms with Gasteiger partial charge in [-0.25, -0.2) is 14.2 Å². The second kappa shape index (κ2) is 7.65. The molecule has 1 aromatic heterocycles. The highest BCUT2D eigenvalue weighted by Gasteiger charge is 2.26. The number of carbonyl (C=O) groups excluding carboxylic acids is 1. The van der Waals surface area contributed by atoms with E-state index in [4.69, 9.17) is 0 Å². The maximum absolute atomic E-state index is 13.7. The maximum Gasteiger partial charge on any atom is 0.318 e. The molecule has 2 aromatic rings. The van der Waals surface area contributed by atoms with Gasteiger partial charge in [-0.3, -0.25) is 0 Å². The van der Waals surface area contributed by atoms with Gasteiger partial charge in [-0.2, -0.15) is 0 Å². The summed E-state index contributed by atoms with van der Waals surface area (Å²) in [5, 5.41) is 12.2. The first kappa shape index (κ1) is 17.4. The lowest BCUT2D eigenvalue weighted by Crippen LogP contribution is -2.46. The van der Waals surface area contributed by atoms with Gasteiger partial charge >= 0.3 is 6.03 Å². The molecule has 1 aromatic carbocycles. The number of piperidine rings is 1. The van der Waals surface area contributed by atoms with Crippen molar-refractivity contribution in [3.8, 4) is 0 Å². The highest BCUT2D eigenvalue weighted by molar-refractivity contribution is 5.75. The Labute approximate surface area is 146 Å². The highest BCUT2D eigenvalue weighted by Crippen LogP contribution is 2.23. The lowest BCUT2D eigenvalue weighted by atomic mass is 9.98. The van der Waals surface area contributed by atoms with Crippen LogP contribution in [0.15, 0.2) is 36.7 Å². The number of rotatable bonds is 4. The first-order valence-corrected chi connectivity index (χ1v) is 8.47. The van der Waals surface area contributed by atoms with Crippen molar-refractivity contribution < 1.29 is 14.3 Å². The Morgan fingerprint density at radius 3 is 2.80 bits per heavy atom. The molecule has 0 saturated carbocycles. The van der Waals surface area contributed by atoms with E-state index >= 15 is 0 Å². The molecule has 6 nitrogen and oxygen atoms in total. The van der Waals surface area contributed by atoms with E-state index in [1.807, 2.05) is 11.6 Å². The number of amides is 2. The second-order valence-electron chi connectivity index (χ2n) is 6.45. The van der Waals surface area contributed by atoms with Crippen LogP contribution in [0.2, 0.25) is 0 Å². The van der Waals surface area contributed by atoms with Gasteiger partial charge in [0.15, 0.2) is 0 Å². The van der Waals surface area contributed by atoms with Gasteiger partial charge in [0.2, 0.25) is 0 Å². The Hall–Kier alpha value is -2.41. The van der Waals surface area contributed by atoms with Gasteiger partial charge in [0.05, 0.1) is 0 Å². The van der Waals surface area contributed by atoms with E-state index < -0.39 is 6.04 Å². The van der Waals surface area contributed by atoms with Crippen molar-refractivity contribution in [1.29, 1.82) is 0 Å². The van der Waals surface area contributed by atoms with Crippen LogP contribution in [0.5, 0.6) is 0 Å². The number of nitrogens with one attached hydrogen (secondary N) is 1. The third-order valence-corrected chi connectivity index (χ3v) is 4.73. The van der Waals surface area contributed by atoms with Crippen LogP contribution in [0.4, 0.5) is 9.18 Å². The molecular formula is C18H23FN4O2. The smallest absolute Gasteiger partial charge is 0.318 e. The summed E-state index contributed by atoms with van der Waals surface area (Å²) in [5.41, 5.74) is 0.646. The molecule has 0 spiro atoms. The fourth-order valence-electron chi connectivity index (χ4n) is 3.17. The summed E-state index contributed by atoms with van der Waals surface area (Å²) in [6.07, 6.45) is 5.02. The molecule has 1 unspecified atom stereocenters. The fourth-order valence-corrected chi connectivity index (χ4v) is 3.17. The average Bonchev–Trinajstić information content (AvgIpc) is 3.05. The number of nitrogens with zero attached hydrogens (tertiary/aromatic N) is 3. The number of carbonyl (C=O) groups is 1. The van der Waals surface area contributed by atoms with E-state index in [9.17, 15) is 14.3 Å². The summed E-state index contributed by atoms with van der Waals surface area (Å²) in [4.78, 5) is 18.7. The number of aliphatic hydroxyl groups is 1. The van der Waals surface area contributed by atoms with E-state index in [0.29, 0.717) is 24.5 Å². The molecule has 2 heterocycles. The van der Waals surface area contributed by atoms with Crippen LogP contribution in [0, 0.1) is 11.7 Å². The SMILES string of the molecule is Cn1ccnc1C(NC(=O)N1CCC(CO)CC1)c1cccc(F)c1. The molecule has 3 rings (SSSR count). The zero-order valence-corrected chi connectivity index (χ0v) is 14.2. The number of aromatic nitrogens is 2. The van der Waals surface area contributed by atoms with Gasteiger partial charge in [0.1, 0.15) is 17.7 Å². The molecule has 1 aliphatic rings. The number of likely N-dealkylation sites (tertiary alicyclic amines) is 1. The molecule has 1 atom stereocenters. The predicted molar refractivity (Wildman–Crippen MR) is 91.4 cm³/mol. The van der Waals surface area contributed by atoms with Crippen LogP contribution in [0.25, 0.3) is 0 Å². The first-order valence-electron chi connectivity index (χ1n) is 8.47. The second-order valence-corrected chi connectivity index (χ2v) is 6.45.